The van der Waals surface area contributed by atoms with Crippen molar-refractivity contribution >= 4 is 0 Å². The van der Waals surface area contributed by atoms with Crippen LogP contribution in [0.15, 0.2) is 0 Å². The van der Waals surface area contributed by atoms with Crippen LogP contribution in [0.25, 0.3) is 0 Å². The van der Waals surface area contributed by atoms with Crippen LogP contribution in [-0.2, 0) is 10.3 Å². The second-order valence-electron chi connectivity index (χ2n) is 5.46. The number of aromatic nitrogens is 3. The van der Waals surface area contributed by atoms with Crippen LogP contribution < -0.4 is 5.73 Å². The molecule has 18 heavy (non-hydrogen) atoms. The Labute approximate surface area is 109 Å². The highest BCUT2D eigenvalue weighted by Crippen LogP contribution is 2.41. The second-order valence-corrected chi connectivity index (χ2v) is 5.46. The first kappa shape index (κ1) is 13.5. The summed E-state index contributed by atoms with van der Waals surface area (Å²) in [5, 5.41) is 7.28. The van der Waals surface area contributed by atoms with Gasteiger partial charge in [0.25, 0.3) is 0 Å². The van der Waals surface area contributed by atoms with Crippen molar-refractivity contribution in [1.82, 2.24) is 15.2 Å². The standard InChI is InChI=1S/C13H24N4O/c1-4-18-13(7-5-6-9(2)8-13)12-15-11(10(3)14)16-17-12/h9-10H,4-8,14H2,1-3H3,(H,15,16,17). The van der Waals surface area contributed by atoms with E-state index in [-0.39, 0.29) is 11.6 Å². The minimum absolute atomic E-state index is 0.119. The Balaban J connectivity index is 2.27. The Bertz CT molecular complexity index is 386. The predicted molar refractivity (Wildman–Crippen MR) is 69.9 cm³/mol. The molecule has 1 aromatic rings. The van der Waals surface area contributed by atoms with E-state index >= 15 is 0 Å². The minimum atomic E-state index is -0.309. The van der Waals surface area contributed by atoms with Crippen molar-refractivity contribution in [1.29, 1.82) is 0 Å². The molecule has 0 amide bonds. The molecule has 0 spiro atoms. The fourth-order valence-corrected chi connectivity index (χ4v) is 2.86. The SMILES string of the molecule is CCOC1(c2n[nH]c(C(C)N)n2)CCCC(C)C1. The fourth-order valence-electron chi connectivity index (χ4n) is 2.86. The molecule has 1 aliphatic rings. The zero-order valence-corrected chi connectivity index (χ0v) is 11.6. The molecule has 0 bridgehead atoms. The average molecular weight is 252 g/mol. The topological polar surface area (TPSA) is 76.8 Å². The molecule has 3 N–H and O–H groups in total. The minimum Gasteiger partial charge on any atom is -0.367 e. The third kappa shape index (κ3) is 2.57. The molecule has 1 saturated carbocycles. The summed E-state index contributed by atoms with van der Waals surface area (Å²) in [6, 6.07) is -0.119. The highest BCUT2D eigenvalue weighted by atomic mass is 16.5. The van der Waals surface area contributed by atoms with E-state index < -0.39 is 0 Å². The summed E-state index contributed by atoms with van der Waals surface area (Å²) in [6.45, 7) is 6.89. The number of ether oxygens (including phenoxy) is 1. The lowest BCUT2D eigenvalue weighted by molar-refractivity contribution is -0.0879. The van der Waals surface area contributed by atoms with E-state index in [2.05, 4.69) is 22.1 Å². The van der Waals surface area contributed by atoms with Crippen LogP contribution in [0.2, 0.25) is 0 Å². The van der Waals surface area contributed by atoms with Crippen molar-refractivity contribution in [2.75, 3.05) is 6.61 Å². The van der Waals surface area contributed by atoms with Gasteiger partial charge in [0.2, 0.25) is 0 Å². The normalized spacial score (nSPS) is 30.3. The smallest absolute Gasteiger partial charge is 0.182 e. The summed E-state index contributed by atoms with van der Waals surface area (Å²) in [5.41, 5.74) is 5.52. The van der Waals surface area contributed by atoms with Gasteiger partial charge in [0, 0.05) is 6.61 Å². The summed E-state index contributed by atoms with van der Waals surface area (Å²) in [5.74, 6) is 2.17. The van der Waals surface area contributed by atoms with Crippen LogP contribution in [0.4, 0.5) is 0 Å². The van der Waals surface area contributed by atoms with Gasteiger partial charge < -0.3 is 10.5 Å². The first-order valence-corrected chi connectivity index (χ1v) is 6.89. The summed E-state index contributed by atoms with van der Waals surface area (Å²) >= 11 is 0. The van der Waals surface area contributed by atoms with Gasteiger partial charge >= 0.3 is 0 Å². The largest absolute Gasteiger partial charge is 0.367 e. The molecule has 3 unspecified atom stereocenters. The molecular weight excluding hydrogens is 228 g/mol. The second kappa shape index (κ2) is 5.36. The first-order valence-electron chi connectivity index (χ1n) is 6.89. The lowest BCUT2D eigenvalue weighted by Crippen LogP contribution is -2.36. The van der Waals surface area contributed by atoms with E-state index in [0.29, 0.717) is 12.5 Å². The highest BCUT2D eigenvalue weighted by Gasteiger charge is 2.40. The van der Waals surface area contributed by atoms with Gasteiger partial charge in [-0.1, -0.05) is 13.3 Å². The van der Waals surface area contributed by atoms with Gasteiger partial charge in [0.05, 0.1) is 6.04 Å². The molecule has 1 aliphatic carbocycles. The fraction of sp³-hybridized carbons (Fsp3) is 0.846. The van der Waals surface area contributed by atoms with E-state index in [1.165, 1.54) is 12.8 Å². The number of hydrogen-bond acceptors (Lipinski definition) is 4. The number of nitrogens with one attached hydrogen (secondary N) is 1. The first-order chi connectivity index (χ1) is 8.57. The zero-order valence-electron chi connectivity index (χ0n) is 11.6. The summed E-state index contributed by atoms with van der Waals surface area (Å²) in [7, 11) is 0. The number of hydrogen-bond donors (Lipinski definition) is 2. The van der Waals surface area contributed by atoms with Crippen molar-refractivity contribution < 1.29 is 4.74 Å². The lowest BCUT2D eigenvalue weighted by atomic mass is 9.78. The monoisotopic (exact) mass is 252 g/mol. The van der Waals surface area contributed by atoms with Crippen LogP contribution in [-0.4, -0.2) is 21.8 Å². The van der Waals surface area contributed by atoms with Crippen LogP contribution in [0.1, 0.15) is 64.1 Å². The molecular formula is C13H24N4O. The Morgan fingerprint density at radius 3 is 2.94 bits per heavy atom. The molecule has 102 valence electrons. The molecule has 1 aromatic heterocycles. The maximum atomic E-state index is 6.03. The average Bonchev–Trinajstić information content (AvgIpc) is 2.79. The number of aromatic amines is 1. The Kier molecular flexibility index (Phi) is 4.02. The molecule has 5 heteroatoms. The van der Waals surface area contributed by atoms with Crippen LogP contribution in [0.5, 0.6) is 0 Å². The molecule has 0 aromatic carbocycles. The van der Waals surface area contributed by atoms with Gasteiger partial charge in [0.15, 0.2) is 5.82 Å². The number of rotatable bonds is 4. The van der Waals surface area contributed by atoms with E-state index in [4.69, 9.17) is 10.5 Å². The van der Waals surface area contributed by atoms with Crippen molar-refractivity contribution in [2.24, 2.45) is 11.7 Å². The zero-order chi connectivity index (χ0) is 13.2. The Morgan fingerprint density at radius 2 is 2.39 bits per heavy atom. The van der Waals surface area contributed by atoms with Gasteiger partial charge in [-0.3, -0.25) is 5.10 Å². The molecule has 0 saturated heterocycles. The molecule has 5 nitrogen and oxygen atoms in total. The van der Waals surface area contributed by atoms with Gasteiger partial charge in [-0.05, 0) is 39.0 Å². The van der Waals surface area contributed by atoms with E-state index in [9.17, 15) is 0 Å². The van der Waals surface area contributed by atoms with Gasteiger partial charge in [-0.2, -0.15) is 5.10 Å². The number of nitrogens with two attached hydrogens (primary N) is 1. The quantitative estimate of drug-likeness (QED) is 0.861. The predicted octanol–water partition coefficient (Wildman–Crippen LogP) is 2.27. The number of nitrogens with zero attached hydrogens (tertiary/aromatic N) is 2. The summed E-state index contributed by atoms with van der Waals surface area (Å²) in [6.07, 6.45) is 4.43. The maximum absolute atomic E-state index is 6.03. The van der Waals surface area contributed by atoms with Gasteiger partial charge in [-0.15, -0.1) is 0 Å². The van der Waals surface area contributed by atoms with Crippen LogP contribution in [0.3, 0.4) is 0 Å². The summed E-state index contributed by atoms with van der Waals surface area (Å²) < 4.78 is 6.03. The molecule has 0 aliphatic heterocycles. The van der Waals surface area contributed by atoms with E-state index in [1.807, 2.05) is 13.8 Å². The lowest BCUT2D eigenvalue weighted by Gasteiger charge is -2.37. The van der Waals surface area contributed by atoms with Crippen molar-refractivity contribution in [3.05, 3.63) is 11.6 Å². The molecule has 2 rings (SSSR count). The van der Waals surface area contributed by atoms with Gasteiger partial charge in [-0.25, -0.2) is 4.98 Å². The Hall–Kier alpha value is -0.940. The van der Waals surface area contributed by atoms with E-state index in [0.717, 1.165) is 24.5 Å². The number of H-pyrrole nitrogens is 1. The third-order valence-corrected chi connectivity index (χ3v) is 3.72. The molecule has 1 heterocycles. The Morgan fingerprint density at radius 1 is 1.61 bits per heavy atom. The molecule has 1 fully saturated rings. The van der Waals surface area contributed by atoms with Crippen LogP contribution in [0, 0.1) is 5.92 Å². The molecule has 3 atom stereocenters. The highest BCUT2D eigenvalue weighted by molar-refractivity contribution is 5.07. The van der Waals surface area contributed by atoms with Crippen molar-refractivity contribution in [3.8, 4) is 0 Å². The summed E-state index contributed by atoms with van der Waals surface area (Å²) in [4.78, 5) is 4.54. The van der Waals surface area contributed by atoms with E-state index in [1.54, 1.807) is 0 Å². The van der Waals surface area contributed by atoms with Crippen LogP contribution >= 0.6 is 0 Å². The van der Waals surface area contributed by atoms with Crippen molar-refractivity contribution in [2.45, 2.75) is 58.1 Å². The van der Waals surface area contributed by atoms with Gasteiger partial charge in [0.1, 0.15) is 11.4 Å². The third-order valence-electron chi connectivity index (χ3n) is 3.72. The molecule has 0 radical (unpaired) electrons. The maximum Gasteiger partial charge on any atom is 0.182 e. The van der Waals surface area contributed by atoms with Crippen molar-refractivity contribution in [3.63, 3.8) is 0 Å².